The molecular weight excluding hydrogens is 352 g/mol. The standard InChI is InChI=1S/C24H28O4/c1-7-17-21(26)20-18(25)13-19(16-11-14(4)10-15(5)12-16)28-23(20)24(8-2,9-3)22(17)27-6/h10-13H,7-9H2,1-6H3. The van der Waals surface area contributed by atoms with Gasteiger partial charge in [-0.15, -0.1) is 0 Å². The molecule has 0 saturated carbocycles. The maximum Gasteiger partial charge on any atom is 0.199 e. The Morgan fingerprint density at radius 2 is 1.57 bits per heavy atom. The summed E-state index contributed by atoms with van der Waals surface area (Å²) < 4.78 is 12.1. The van der Waals surface area contributed by atoms with Gasteiger partial charge in [-0.05, 0) is 45.2 Å². The highest BCUT2D eigenvalue weighted by molar-refractivity contribution is 6.11. The Hall–Kier alpha value is -2.62. The zero-order valence-electron chi connectivity index (χ0n) is 17.6. The number of fused-ring (bicyclic) bond motifs is 1. The van der Waals surface area contributed by atoms with Crippen LogP contribution in [0.5, 0.6) is 0 Å². The van der Waals surface area contributed by atoms with Crippen LogP contribution in [-0.2, 0) is 10.2 Å². The van der Waals surface area contributed by atoms with Crippen molar-refractivity contribution >= 4 is 5.78 Å². The predicted molar refractivity (Wildman–Crippen MR) is 111 cm³/mol. The van der Waals surface area contributed by atoms with Crippen molar-refractivity contribution in [1.82, 2.24) is 0 Å². The van der Waals surface area contributed by atoms with Gasteiger partial charge in [-0.1, -0.05) is 38.0 Å². The molecule has 0 amide bonds. The summed E-state index contributed by atoms with van der Waals surface area (Å²) in [5.74, 6) is 1.30. The van der Waals surface area contributed by atoms with Gasteiger partial charge < -0.3 is 9.15 Å². The second-order valence-corrected chi connectivity index (χ2v) is 7.54. The molecule has 1 aromatic heterocycles. The summed E-state index contributed by atoms with van der Waals surface area (Å²) in [5.41, 5.74) is 2.86. The molecule has 1 heterocycles. The number of ketones is 1. The van der Waals surface area contributed by atoms with Crippen LogP contribution in [0.3, 0.4) is 0 Å². The van der Waals surface area contributed by atoms with Gasteiger partial charge in [0.1, 0.15) is 22.8 Å². The zero-order valence-corrected chi connectivity index (χ0v) is 17.6. The molecule has 1 aromatic carbocycles. The fourth-order valence-corrected chi connectivity index (χ4v) is 4.48. The number of aryl methyl sites for hydroxylation is 2. The molecule has 0 unspecified atom stereocenters. The summed E-state index contributed by atoms with van der Waals surface area (Å²) in [5, 5.41) is 0. The molecule has 0 spiro atoms. The van der Waals surface area contributed by atoms with Crippen LogP contribution in [0.2, 0.25) is 0 Å². The minimum absolute atomic E-state index is 0.162. The van der Waals surface area contributed by atoms with Crippen LogP contribution >= 0.6 is 0 Å². The van der Waals surface area contributed by atoms with E-state index in [1.165, 1.54) is 6.07 Å². The van der Waals surface area contributed by atoms with Gasteiger partial charge >= 0.3 is 0 Å². The minimum Gasteiger partial charge on any atom is -0.500 e. The molecule has 0 radical (unpaired) electrons. The maximum atomic E-state index is 13.1. The number of Topliss-reactive ketones (excluding diaryl/α,β-unsaturated/α-hetero) is 1. The molecule has 0 fully saturated rings. The Bertz CT molecular complexity index is 999. The van der Waals surface area contributed by atoms with Crippen LogP contribution in [0.4, 0.5) is 0 Å². The minimum atomic E-state index is -0.614. The van der Waals surface area contributed by atoms with E-state index in [9.17, 15) is 9.59 Å². The summed E-state index contributed by atoms with van der Waals surface area (Å²) in [4.78, 5) is 26.2. The summed E-state index contributed by atoms with van der Waals surface area (Å²) >= 11 is 0. The molecule has 4 nitrogen and oxygen atoms in total. The summed E-state index contributed by atoms with van der Waals surface area (Å²) in [7, 11) is 1.59. The van der Waals surface area contributed by atoms with Gasteiger partial charge in [-0.25, -0.2) is 0 Å². The van der Waals surface area contributed by atoms with Gasteiger partial charge in [0.2, 0.25) is 0 Å². The maximum absolute atomic E-state index is 13.1. The van der Waals surface area contributed by atoms with Crippen LogP contribution in [0.15, 0.2) is 44.8 Å². The highest BCUT2D eigenvalue weighted by Gasteiger charge is 2.47. The lowest BCUT2D eigenvalue weighted by atomic mass is 9.69. The first-order valence-electron chi connectivity index (χ1n) is 9.92. The molecule has 0 saturated heterocycles. The lowest BCUT2D eigenvalue weighted by Gasteiger charge is -2.37. The fourth-order valence-electron chi connectivity index (χ4n) is 4.48. The first kappa shape index (κ1) is 20.1. The van der Waals surface area contributed by atoms with E-state index < -0.39 is 5.41 Å². The number of hydrogen-bond acceptors (Lipinski definition) is 4. The molecular formula is C24H28O4. The van der Waals surface area contributed by atoms with Crippen molar-refractivity contribution < 1.29 is 13.9 Å². The lowest BCUT2D eigenvalue weighted by Crippen LogP contribution is -2.39. The molecule has 28 heavy (non-hydrogen) atoms. The second-order valence-electron chi connectivity index (χ2n) is 7.54. The number of carbonyl (C=O) groups is 1. The third kappa shape index (κ3) is 2.92. The topological polar surface area (TPSA) is 56.5 Å². The lowest BCUT2D eigenvalue weighted by molar-refractivity contribution is 0.0975. The van der Waals surface area contributed by atoms with E-state index >= 15 is 0 Å². The second kappa shape index (κ2) is 7.42. The molecule has 0 atom stereocenters. The normalized spacial score (nSPS) is 15.6. The average molecular weight is 380 g/mol. The number of allylic oxidation sites excluding steroid dienone is 2. The Labute approximate surface area is 166 Å². The molecule has 1 aliphatic carbocycles. The molecule has 0 bridgehead atoms. The van der Waals surface area contributed by atoms with Crippen LogP contribution in [-0.4, -0.2) is 12.9 Å². The molecule has 3 rings (SSSR count). The number of ether oxygens (including phenoxy) is 1. The smallest absolute Gasteiger partial charge is 0.199 e. The first-order valence-corrected chi connectivity index (χ1v) is 9.92. The van der Waals surface area contributed by atoms with Crippen molar-refractivity contribution in [2.75, 3.05) is 7.11 Å². The fraction of sp³-hybridized carbons (Fsp3) is 0.417. The monoisotopic (exact) mass is 380 g/mol. The van der Waals surface area contributed by atoms with E-state index in [0.29, 0.717) is 42.1 Å². The Balaban J connectivity index is 2.38. The molecule has 0 aliphatic heterocycles. The van der Waals surface area contributed by atoms with E-state index in [1.54, 1.807) is 7.11 Å². The van der Waals surface area contributed by atoms with Crippen molar-refractivity contribution in [2.24, 2.45) is 0 Å². The third-order valence-corrected chi connectivity index (χ3v) is 5.86. The largest absolute Gasteiger partial charge is 0.500 e. The number of hydrogen-bond donors (Lipinski definition) is 0. The highest BCUT2D eigenvalue weighted by Crippen LogP contribution is 2.47. The third-order valence-electron chi connectivity index (χ3n) is 5.86. The van der Waals surface area contributed by atoms with Crippen LogP contribution < -0.4 is 5.43 Å². The number of methoxy groups -OCH3 is 1. The molecule has 2 aromatic rings. The predicted octanol–water partition coefficient (Wildman–Crippen LogP) is 5.49. The SMILES string of the molecule is CCC1=C(OC)C(CC)(CC)c2oc(-c3cc(C)cc(C)c3)cc(=O)c2C1=O. The zero-order chi connectivity index (χ0) is 20.6. The van der Waals surface area contributed by atoms with E-state index in [4.69, 9.17) is 9.15 Å². The molecule has 4 heteroatoms. The van der Waals surface area contributed by atoms with Gasteiger partial charge in [0.25, 0.3) is 0 Å². The molecule has 1 aliphatic rings. The van der Waals surface area contributed by atoms with Crippen molar-refractivity contribution in [3.63, 3.8) is 0 Å². The van der Waals surface area contributed by atoms with Gasteiger partial charge in [0.15, 0.2) is 11.2 Å². The van der Waals surface area contributed by atoms with Gasteiger partial charge in [-0.2, -0.15) is 0 Å². The van der Waals surface area contributed by atoms with E-state index in [1.807, 2.05) is 46.8 Å². The summed E-state index contributed by atoms with van der Waals surface area (Å²) in [6.07, 6.45) is 1.87. The van der Waals surface area contributed by atoms with Crippen molar-refractivity contribution in [3.05, 3.63) is 68.3 Å². The Morgan fingerprint density at radius 1 is 0.964 bits per heavy atom. The average Bonchev–Trinajstić information content (AvgIpc) is 2.66. The molecule has 0 N–H and O–H groups in total. The van der Waals surface area contributed by atoms with Crippen molar-refractivity contribution in [2.45, 2.75) is 59.3 Å². The first-order chi connectivity index (χ1) is 13.3. The number of benzene rings is 1. The Kier molecular flexibility index (Phi) is 5.33. The summed E-state index contributed by atoms with van der Waals surface area (Å²) in [6.45, 7) is 10.0. The van der Waals surface area contributed by atoms with Crippen molar-refractivity contribution in [3.8, 4) is 11.3 Å². The van der Waals surface area contributed by atoms with E-state index in [-0.39, 0.29) is 16.8 Å². The van der Waals surface area contributed by atoms with Crippen LogP contribution in [0.1, 0.15) is 67.3 Å². The van der Waals surface area contributed by atoms with Gasteiger partial charge in [-0.3, -0.25) is 9.59 Å². The van der Waals surface area contributed by atoms with E-state index in [2.05, 4.69) is 6.07 Å². The van der Waals surface area contributed by atoms with Crippen LogP contribution in [0, 0.1) is 13.8 Å². The Morgan fingerprint density at radius 3 is 2.07 bits per heavy atom. The molecule has 148 valence electrons. The highest BCUT2D eigenvalue weighted by atomic mass is 16.5. The quantitative estimate of drug-likeness (QED) is 0.688. The number of rotatable bonds is 5. The summed E-state index contributed by atoms with van der Waals surface area (Å²) in [6, 6.07) is 7.51. The van der Waals surface area contributed by atoms with E-state index in [0.717, 1.165) is 16.7 Å². The van der Waals surface area contributed by atoms with Gasteiger partial charge in [0.05, 0.1) is 12.5 Å². The van der Waals surface area contributed by atoms with Crippen LogP contribution in [0.25, 0.3) is 11.3 Å². The van der Waals surface area contributed by atoms with Gasteiger partial charge in [0, 0.05) is 17.2 Å². The number of carbonyl (C=O) groups excluding carboxylic acids is 1. The van der Waals surface area contributed by atoms with Crippen molar-refractivity contribution in [1.29, 1.82) is 0 Å².